The number of carbonyl (C=O) groups is 1. The first-order valence-corrected chi connectivity index (χ1v) is 9.80. The zero-order chi connectivity index (χ0) is 17.6. The predicted molar refractivity (Wildman–Crippen MR) is 99.1 cm³/mol. The Morgan fingerprint density at radius 1 is 1.16 bits per heavy atom. The summed E-state index contributed by atoms with van der Waals surface area (Å²) >= 11 is 0. The fourth-order valence-electron chi connectivity index (χ4n) is 3.87. The topological polar surface area (TPSA) is 53.4 Å². The summed E-state index contributed by atoms with van der Waals surface area (Å²) in [6.45, 7) is 9.33. The molecule has 25 heavy (non-hydrogen) atoms. The van der Waals surface area contributed by atoms with Crippen LogP contribution in [0.5, 0.6) is 0 Å². The van der Waals surface area contributed by atoms with Gasteiger partial charge in [0.2, 0.25) is 5.91 Å². The van der Waals surface area contributed by atoms with Crippen LogP contribution in [0.3, 0.4) is 0 Å². The van der Waals surface area contributed by atoms with Gasteiger partial charge in [0.15, 0.2) is 0 Å². The molecule has 0 unspecified atom stereocenters. The molecule has 3 rings (SSSR count). The third-order valence-corrected chi connectivity index (χ3v) is 5.85. The van der Waals surface area contributed by atoms with Crippen LogP contribution in [-0.4, -0.2) is 64.5 Å². The summed E-state index contributed by atoms with van der Waals surface area (Å²) < 4.78 is 2.07. The van der Waals surface area contributed by atoms with Crippen molar-refractivity contribution in [1.82, 2.24) is 24.7 Å². The first-order valence-electron chi connectivity index (χ1n) is 9.80. The Bertz CT molecular complexity index is 542. The molecule has 2 saturated heterocycles. The van der Waals surface area contributed by atoms with Crippen LogP contribution in [-0.2, 0) is 18.4 Å². The lowest BCUT2D eigenvalue weighted by Gasteiger charge is -2.32. The van der Waals surface area contributed by atoms with Crippen LogP contribution in [0.1, 0.15) is 38.4 Å². The predicted octanol–water partition coefficient (Wildman–Crippen LogP) is 1.48. The van der Waals surface area contributed by atoms with Crippen molar-refractivity contribution in [3.63, 3.8) is 0 Å². The number of hydrogen-bond donors (Lipinski definition) is 1. The normalized spacial score (nSPS) is 21.5. The second kappa shape index (κ2) is 8.81. The zero-order valence-electron chi connectivity index (χ0n) is 15.8. The van der Waals surface area contributed by atoms with Crippen molar-refractivity contribution in [1.29, 1.82) is 0 Å². The Balaban J connectivity index is 1.32. The molecule has 0 aromatic carbocycles. The Morgan fingerprint density at radius 3 is 2.48 bits per heavy atom. The highest BCUT2D eigenvalue weighted by molar-refractivity contribution is 5.78. The molecular formula is C19H33N5O. The smallest absolute Gasteiger partial charge is 0.223 e. The van der Waals surface area contributed by atoms with E-state index in [1.807, 2.05) is 19.4 Å². The molecular weight excluding hydrogens is 314 g/mol. The molecule has 2 fully saturated rings. The molecule has 0 spiro atoms. The van der Waals surface area contributed by atoms with Crippen LogP contribution < -0.4 is 5.32 Å². The monoisotopic (exact) mass is 347 g/mol. The highest BCUT2D eigenvalue weighted by Gasteiger charge is 2.25. The molecule has 0 radical (unpaired) electrons. The summed E-state index contributed by atoms with van der Waals surface area (Å²) in [6, 6.07) is 0. The van der Waals surface area contributed by atoms with Gasteiger partial charge in [0.1, 0.15) is 5.82 Å². The number of imidazole rings is 1. The van der Waals surface area contributed by atoms with Crippen molar-refractivity contribution in [3.05, 3.63) is 18.2 Å². The summed E-state index contributed by atoms with van der Waals surface area (Å²) in [6.07, 6.45) is 8.33. The largest absolute Gasteiger partial charge is 0.355 e. The maximum Gasteiger partial charge on any atom is 0.223 e. The molecule has 6 heteroatoms. The number of nitrogens with one attached hydrogen (secondary N) is 1. The average molecular weight is 348 g/mol. The minimum atomic E-state index is 0.180. The molecule has 2 aliphatic heterocycles. The summed E-state index contributed by atoms with van der Waals surface area (Å²) in [7, 11) is 2.03. The van der Waals surface area contributed by atoms with E-state index in [4.69, 9.17) is 0 Å². The molecule has 140 valence electrons. The Morgan fingerprint density at radius 2 is 1.84 bits per heavy atom. The Hall–Kier alpha value is -1.40. The van der Waals surface area contributed by atoms with E-state index in [9.17, 15) is 4.79 Å². The second-order valence-electron chi connectivity index (χ2n) is 7.82. The number of nitrogens with zero attached hydrogens (tertiary/aromatic N) is 4. The fraction of sp³-hybridized carbons (Fsp3) is 0.789. The summed E-state index contributed by atoms with van der Waals surface area (Å²) in [5.41, 5.74) is 0. The average Bonchev–Trinajstić information content (AvgIpc) is 3.02. The lowest BCUT2D eigenvalue weighted by molar-refractivity contribution is -0.126. The molecule has 0 bridgehead atoms. The van der Waals surface area contributed by atoms with Crippen molar-refractivity contribution < 1.29 is 4.79 Å². The fourth-order valence-corrected chi connectivity index (χ4v) is 3.87. The highest BCUT2D eigenvalue weighted by atomic mass is 16.1. The number of aromatic nitrogens is 2. The van der Waals surface area contributed by atoms with E-state index in [-0.39, 0.29) is 11.8 Å². The van der Waals surface area contributed by atoms with E-state index in [1.165, 1.54) is 25.9 Å². The van der Waals surface area contributed by atoms with Crippen LogP contribution in [0.2, 0.25) is 0 Å². The molecule has 3 heterocycles. The van der Waals surface area contributed by atoms with E-state index >= 15 is 0 Å². The van der Waals surface area contributed by atoms with Gasteiger partial charge in [-0.15, -0.1) is 0 Å². The van der Waals surface area contributed by atoms with Gasteiger partial charge in [-0.3, -0.25) is 9.69 Å². The first kappa shape index (κ1) is 18.4. The van der Waals surface area contributed by atoms with Crippen molar-refractivity contribution in [2.24, 2.45) is 18.9 Å². The number of rotatable bonds is 6. The van der Waals surface area contributed by atoms with E-state index in [0.29, 0.717) is 0 Å². The zero-order valence-corrected chi connectivity index (χ0v) is 15.8. The standard InChI is InChI=1S/C19H33N5O/c1-16-3-9-23(10-4-16)14-8-21-19(25)17-5-11-24(12-6-17)15-18-20-7-13-22(18)2/h7,13,16-17H,3-6,8-12,14-15H2,1-2H3,(H,21,25). The van der Waals surface area contributed by atoms with Crippen LogP contribution >= 0.6 is 0 Å². The lowest BCUT2D eigenvalue weighted by atomic mass is 9.96. The molecule has 2 aliphatic rings. The maximum absolute atomic E-state index is 12.4. The van der Waals surface area contributed by atoms with Gasteiger partial charge in [-0.05, 0) is 57.8 Å². The number of piperidine rings is 2. The number of amides is 1. The first-order chi connectivity index (χ1) is 12.1. The van der Waals surface area contributed by atoms with E-state index in [2.05, 4.69) is 31.6 Å². The Kier molecular flexibility index (Phi) is 6.48. The molecule has 0 atom stereocenters. The molecule has 1 aromatic heterocycles. The molecule has 1 aromatic rings. The van der Waals surface area contributed by atoms with Crippen LogP contribution in [0.25, 0.3) is 0 Å². The summed E-state index contributed by atoms with van der Waals surface area (Å²) in [4.78, 5) is 21.7. The SMILES string of the molecule is CC1CCN(CCNC(=O)C2CCN(Cc3nccn3C)CC2)CC1. The molecule has 0 saturated carbocycles. The third kappa shape index (κ3) is 5.28. The van der Waals surface area contributed by atoms with Gasteiger partial charge in [-0.25, -0.2) is 4.98 Å². The van der Waals surface area contributed by atoms with Crippen LogP contribution in [0, 0.1) is 11.8 Å². The van der Waals surface area contributed by atoms with Gasteiger partial charge in [-0.2, -0.15) is 0 Å². The molecule has 1 N–H and O–H groups in total. The van der Waals surface area contributed by atoms with Crippen LogP contribution in [0.4, 0.5) is 0 Å². The number of likely N-dealkylation sites (tertiary alicyclic amines) is 2. The van der Waals surface area contributed by atoms with Gasteiger partial charge in [-0.1, -0.05) is 6.92 Å². The summed E-state index contributed by atoms with van der Waals surface area (Å²) in [5.74, 6) is 2.39. The maximum atomic E-state index is 12.4. The second-order valence-corrected chi connectivity index (χ2v) is 7.82. The number of aryl methyl sites for hydroxylation is 1. The molecule has 1 amide bonds. The molecule has 6 nitrogen and oxygen atoms in total. The van der Waals surface area contributed by atoms with Crippen molar-refractivity contribution >= 4 is 5.91 Å². The number of carbonyl (C=O) groups excluding carboxylic acids is 1. The third-order valence-electron chi connectivity index (χ3n) is 5.85. The van der Waals surface area contributed by atoms with Gasteiger partial charge < -0.3 is 14.8 Å². The van der Waals surface area contributed by atoms with Gasteiger partial charge in [0, 0.05) is 38.4 Å². The Labute approximate surface area is 151 Å². The number of hydrogen-bond acceptors (Lipinski definition) is 4. The van der Waals surface area contributed by atoms with Crippen molar-refractivity contribution in [2.45, 2.75) is 39.2 Å². The van der Waals surface area contributed by atoms with Gasteiger partial charge in [0.25, 0.3) is 0 Å². The minimum Gasteiger partial charge on any atom is -0.355 e. The minimum absolute atomic E-state index is 0.180. The van der Waals surface area contributed by atoms with E-state index < -0.39 is 0 Å². The van der Waals surface area contributed by atoms with Gasteiger partial charge >= 0.3 is 0 Å². The van der Waals surface area contributed by atoms with E-state index in [1.54, 1.807) is 0 Å². The van der Waals surface area contributed by atoms with Gasteiger partial charge in [0.05, 0.1) is 6.54 Å². The molecule has 0 aliphatic carbocycles. The van der Waals surface area contributed by atoms with Crippen molar-refractivity contribution in [2.75, 3.05) is 39.3 Å². The quantitative estimate of drug-likeness (QED) is 0.847. The lowest BCUT2D eigenvalue weighted by Crippen LogP contribution is -2.43. The van der Waals surface area contributed by atoms with Crippen molar-refractivity contribution in [3.8, 4) is 0 Å². The summed E-state index contributed by atoms with van der Waals surface area (Å²) in [5, 5.41) is 3.16. The highest BCUT2D eigenvalue weighted by Crippen LogP contribution is 2.19. The van der Waals surface area contributed by atoms with E-state index in [0.717, 1.165) is 57.3 Å². The van der Waals surface area contributed by atoms with Crippen LogP contribution in [0.15, 0.2) is 12.4 Å².